The lowest BCUT2D eigenvalue weighted by Gasteiger charge is -2.26. The van der Waals surface area contributed by atoms with Crippen LogP contribution >= 0.6 is 0 Å². The van der Waals surface area contributed by atoms with E-state index in [9.17, 15) is 9.59 Å². The highest BCUT2D eigenvalue weighted by atomic mass is 16.5. The molecule has 2 aromatic carbocycles. The van der Waals surface area contributed by atoms with Crippen LogP contribution in [0.1, 0.15) is 24.8 Å². The first-order valence-electron chi connectivity index (χ1n) is 11.7. The second-order valence-electron chi connectivity index (χ2n) is 9.05. The smallest absolute Gasteiger partial charge is 0.330 e. The molecule has 0 bridgehead atoms. The zero-order valence-electron chi connectivity index (χ0n) is 20.0. The van der Waals surface area contributed by atoms with Gasteiger partial charge in [0.05, 0.1) is 23.7 Å². The summed E-state index contributed by atoms with van der Waals surface area (Å²) in [6.07, 6.45) is 5.75. The molecule has 34 heavy (non-hydrogen) atoms. The number of aromatic nitrogens is 3. The summed E-state index contributed by atoms with van der Waals surface area (Å²) in [5, 5.41) is 0.521. The summed E-state index contributed by atoms with van der Waals surface area (Å²) in [7, 11) is 4.85. The van der Waals surface area contributed by atoms with E-state index < -0.39 is 0 Å². The van der Waals surface area contributed by atoms with Gasteiger partial charge in [-0.05, 0) is 73.5 Å². The number of nitrogens with zero attached hydrogens (tertiary/aromatic N) is 4. The molecule has 0 saturated carbocycles. The third-order valence-electron chi connectivity index (χ3n) is 6.87. The molecular formula is C27H30N4O3. The molecule has 7 nitrogen and oxygen atoms in total. The molecule has 0 aliphatic carbocycles. The Labute approximate surface area is 198 Å². The van der Waals surface area contributed by atoms with Crippen molar-refractivity contribution in [1.82, 2.24) is 18.6 Å². The van der Waals surface area contributed by atoms with Gasteiger partial charge in [-0.2, -0.15) is 0 Å². The predicted octanol–water partition coefficient (Wildman–Crippen LogP) is 3.69. The van der Waals surface area contributed by atoms with Crippen molar-refractivity contribution in [3.63, 3.8) is 0 Å². The molecular weight excluding hydrogens is 428 g/mol. The van der Waals surface area contributed by atoms with Crippen molar-refractivity contribution in [3.8, 4) is 22.7 Å². The fraction of sp³-hybridized carbons (Fsp3) is 0.333. The summed E-state index contributed by atoms with van der Waals surface area (Å²) < 4.78 is 10.0. The second kappa shape index (κ2) is 8.99. The van der Waals surface area contributed by atoms with Gasteiger partial charge in [-0.1, -0.05) is 18.6 Å². The number of aryl methyl sites for hydroxylation is 1. The van der Waals surface area contributed by atoms with E-state index in [1.165, 1.54) is 41.0 Å². The van der Waals surface area contributed by atoms with Crippen LogP contribution in [0.2, 0.25) is 0 Å². The van der Waals surface area contributed by atoms with Crippen molar-refractivity contribution < 1.29 is 4.74 Å². The number of benzene rings is 2. The van der Waals surface area contributed by atoms with E-state index in [-0.39, 0.29) is 11.2 Å². The number of likely N-dealkylation sites (tertiary alicyclic amines) is 1. The molecule has 2 aromatic heterocycles. The van der Waals surface area contributed by atoms with Gasteiger partial charge < -0.3 is 9.30 Å². The monoisotopic (exact) mass is 458 g/mol. The Hall–Kier alpha value is -3.58. The standard InChI is InChI=1S/C27H30N4O3/c1-28-23-18-31(21-11-7-19(8-12-21)17-30-15-5-4-6-16-30)25(20-9-13-22(34-3)14-10-20)24(23)26(32)29(2)27(28)33/h7-14,18H,4-6,15-17H2,1-3H3. The lowest BCUT2D eigenvalue weighted by Crippen LogP contribution is -2.36. The molecule has 0 radical (unpaired) electrons. The molecule has 0 amide bonds. The van der Waals surface area contributed by atoms with Gasteiger partial charge in [0.25, 0.3) is 5.56 Å². The Morgan fingerprint density at radius 3 is 2.18 bits per heavy atom. The molecule has 1 fully saturated rings. The average molecular weight is 459 g/mol. The molecule has 0 unspecified atom stereocenters. The van der Waals surface area contributed by atoms with Crippen LogP contribution in [0, 0.1) is 0 Å². The Balaban J connectivity index is 1.65. The highest BCUT2D eigenvalue weighted by molar-refractivity contribution is 5.94. The number of rotatable bonds is 5. The van der Waals surface area contributed by atoms with E-state index in [1.54, 1.807) is 14.2 Å². The number of ether oxygens (including phenoxy) is 1. The van der Waals surface area contributed by atoms with Crippen LogP contribution in [-0.2, 0) is 20.6 Å². The van der Waals surface area contributed by atoms with Crippen LogP contribution < -0.4 is 16.0 Å². The Morgan fingerprint density at radius 2 is 1.53 bits per heavy atom. The van der Waals surface area contributed by atoms with Crippen molar-refractivity contribution in [2.24, 2.45) is 14.1 Å². The van der Waals surface area contributed by atoms with Crippen molar-refractivity contribution in [3.05, 3.63) is 81.1 Å². The molecule has 3 heterocycles. The summed E-state index contributed by atoms with van der Waals surface area (Å²) >= 11 is 0. The first-order chi connectivity index (χ1) is 16.5. The normalized spacial score (nSPS) is 14.6. The maximum atomic E-state index is 13.2. The van der Waals surface area contributed by atoms with E-state index in [1.807, 2.05) is 35.0 Å². The van der Waals surface area contributed by atoms with Gasteiger partial charge in [-0.15, -0.1) is 0 Å². The van der Waals surface area contributed by atoms with Crippen LogP contribution in [0.4, 0.5) is 0 Å². The molecule has 0 spiro atoms. The SMILES string of the molecule is COc1ccc(-c2c3c(=O)n(C)c(=O)n(C)c3cn2-c2ccc(CN3CCCCC3)cc2)cc1. The van der Waals surface area contributed by atoms with Crippen molar-refractivity contribution in [2.75, 3.05) is 20.2 Å². The molecule has 5 rings (SSSR count). The molecule has 176 valence electrons. The van der Waals surface area contributed by atoms with Crippen molar-refractivity contribution in [1.29, 1.82) is 0 Å². The van der Waals surface area contributed by atoms with Crippen LogP contribution in [-0.4, -0.2) is 38.8 Å². The van der Waals surface area contributed by atoms with E-state index in [2.05, 4.69) is 29.2 Å². The van der Waals surface area contributed by atoms with Gasteiger partial charge in [-0.3, -0.25) is 18.8 Å². The molecule has 7 heteroatoms. The van der Waals surface area contributed by atoms with Gasteiger partial charge in [0.15, 0.2) is 0 Å². The van der Waals surface area contributed by atoms with Crippen LogP contribution in [0.3, 0.4) is 0 Å². The van der Waals surface area contributed by atoms with E-state index in [4.69, 9.17) is 4.74 Å². The molecule has 1 saturated heterocycles. The molecule has 1 aliphatic heterocycles. The van der Waals surface area contributed by atoms with Gasteiger partial charge in [0, 0.05) is 32.5 Å². The maximum absolute atomic E-state index is 13.2. The van der Waals surface area contributed by atoms with Crippen LogP contribution in [0.5, 0.6) is 5.75 Å². The molecule has 1 aliphatic rings. The minimum absolute atomic E-state index is 0.301. The van der Waals surface area contributed by atoms with Crippen LogP contribution in [0.25, 0.3) is 27.8 Å². The van der Waals surface area contributed by atoms with Gasteiger partial charge in [-0.25, -0.2) is 4.79 Å². The largest absolute Gasteiger partial charge is 0.497 e. The third kappa shape index (κ3) is 3.86. The van der Waals surface area contributed by atoms with Gasteiger partial charge in [0.1, 0.15) is 5.75 Å². The van der Waals surface area contributed by atoms with Crippen molar-refractivity contribution in [2.45, 2.75) is 25.8 Å². The fourth-order valence-corrected chi connectivity index (χ4v) is 4.91. The first kappa shape index (κ1) is 22.2. The minimum atomic E-state index is -0.340. The Bertz CT molecular complexity index is 1440. The molecule has 4 aromatic rings. The third-order valence-corrected chi connectivity index (χ3v) is 6.87. The topological polar surface area (TPSA) is 61.4 Å². The highest BCUT2D eigenvalue weighted by Gasteiger charge is 2.20. The summed E-state index contributed by atoms with van der Waals surface area (Å²) in [5.41, 5.74) is 3.82. The summed E-state index contributed by atoms with van der Waals surface area (Å²) in [6.45, 7) is 3.27. The quantitative estimate of drug-likeness (QED) is 0.458. The van der Waals surface area contributed by atoms with Gasteiger partial charge >= 0.3 is 5.69 Å². The number of methoxy groups -OCH3 is 1. The zero-order valence-corrected chi connectivity index (χ0v) is 20.0. The van der Waals surface area contributed by atoms with E-state index >= 15 is 0 Å². The number of piperidine rings is 1. The number of hydrogen-bond donors (Lipinski definition) is 0. The number of hydrogen-bond acceptors (Lipinski definition) is 4. The molecule has 0 N–H and O–H groups in total. The lowest BCUT2D eigenvalue weighted by atomic mass is 10.1. The second-order valence-corrected chi connectivity index (χ2v) is 9.05. The number of fused-ring (bicyclic) bond motifs is 1. The summed E-state index contributed by atoms with van der Waals surface area (Å²) in [5.74, 6) is 0.744. The van der Waals surface area contributed by atoms with E-state index in [0.29, 0.717) is 10.9 Å². The Kier molecular flexibility index (Phi) is 5.87. The zero-order chi connectivity index (χ0) is 23.8. The Morgan fingerprint density at radius 1 is 0.853 bits per heavy atom. The highest BCUT2D eigenvalue weighted by Crippen LogP contribution is 2.32. The van der Waals surface area contributed by atoms with Crippen molar-refractivity contribution >= 4 is 10.9 Å². The molecule has 0 atom stereocenters. The maximum Gasteiger partial charge on any atom is 0.330 e. The fourth-order valence-electron chi connectivity index (χ4n) is 4.91. The first-order valence-corrected chi connectivity index (χ1v) is 11.7. The summed E-state index contributed by atoms with van der Waals surface area (Å²) in [4.78, 5) is 28.4. The predicted molar refractivity (Wildman–Crippen MR) is 135 cm³/mol. The summed E-state index contributed by atoms with van der Waals surface area (Å²) in [6, 6.07) is 16.1. The van der Waals surface area contributed by atoms with Crippen LogP contribution in [0.15, 0.2) is 64.3 Å². The van der Waals surface area contributed by atoms with E-state index in [0.717, 1.165) is 42.3 Å². The minimum Gasteiger partial charge on any atom is -0.497 e. The van der Waals surface area contributed by atoms with Gasteiger partial charge in [0.2, 0.25) is 0 Å². The average Bonchev–Trinajstić information content (AvgIpc) is 3.28. The lowest BCUT2D eigenvalue weighted by molar-refractivity contribution is 0.221.